The number of hydrogen-bond donors (Lipinski definition) is 0. The minimum atomic E-state index is -5.08. The molecule has 0 saturated carbocycles. The normalized spacial score (nSPS) is 12.9. The first-order valence-electron chi connectivity index (χ1n) is 3.93. The Balaban J connectivity index is 2.84. The van der Waals surface area contributed by atoms with Gasteiger partial charge in [-0.2, -0.15) is 26.3 Å². The Hall–Kier alpha value is -1.47. The SMILES string of the molecule is O=C(c1ccn(CC(F)(F)F)c1)C(F)(F)F. The predicted octanol–water partition coefficient (Wildman–Crippen LogP) is 2.80. The summed E-state index contributed by atoms with van der Waals surface area (Å²) in [5.74, 6) is -2.16. The summed E-state index contributed by atoms with van der Waals surface area (Å²) in [6.07, 6.45) is -8.34. The Bertz CT molecular complexity index is 388. The highest BCUT2D eigenvalue weighted by atomic mass is 19.4. The molecule has 0 saturated heterocycles. The molecule has 8 heteroatoms. The number of Topliss-reactive ketones (excluding diaryl/α,β-unsaturated/α-hetero) is 1. The molecular weight excluding hydrogens is 240 g/mol. The Kier molecular flexibility index (Phi) is 3.02. The highest BCUT2D eigenvalue weighted by molar-refractivity contribution is 6.00. The second-order valence-corrected chi connectivity index (χ2v) is 3.01. The van der Waals surface area contributed by atoms with Crippen LogP contribution < -0.4 is 0 Å². The molecule has 0 atom stereocenters. The van der Waals surface area contributed by atoms with E-state index in [9.17, 15) is 31.1 Å². The van der Waals surface area contributed by atoms with Crippen molar-refractivity contribution in [2.45, 2.75) is 18.9 Å². The van der Waals surface area contributed by atoms with Crippen LogP contribution in [0, 0.1) is 0 Å². The minimum absolute atomic E-state index is 0.471. The topological polar surface area (TPSA) is 22.0 Å². The Morgan fingerprint density at radius 3 is 2.19 bits per heavy atom. The summed E-state index contributed by atoms with van der Waals surface area (Å²) < 4.78 is 71.7. The van der Waals surface area contributed by atoms with Gasteiger partial charge in [-0.25, -0.2) is 0 Å². The van der Waals surface area contributed by atoms with Crippen molar-refractivity contribution < 1.29 is 31.1 Å². The highest BCUT2D eigenvalue weighted by Gasteiger charge is 2.40. The van der Waals surface area contributed by atoms with Crippen LogP contribution in [0.15, 0.2) is 18.5 Å². The minimum Gasteiger partial charge on any atom is -0.344 e. The van der Waals surface area contributed by atoms with E-state index in [1.54, 1.807) is 0 Å². The number of aromatic nitrogens is 1. The van der Waals surface area contributed by atoms with Gasteiger partial charge in [0.25, 0.3) is 5.78 Å². The lowest BCUT2D eigenvalue weighted by Gasteiger charge is -2.06. The van der Waals surface area contributed by atoms with Crippen molar-refractivity contribution in [3.05, 3.63) is 24.0 Å². The van der Waals surface area contributed by atoms with E-state index in [0.717, 1.165) is 6.20 Å². The van der Waals surface area contributed by atoms with Gasteiger partial charge in [0.2, 0.25) is 0 Å². The van der Waals surface area contributed by atoms with Crippen molar-refractivity contribution in [1.29, 1.82) is 0 Å². The standard InChI is InChI=1S/C8H5F6NO/c9-7(10,11)4-15-2-1-5(3-15)6(16)8(12,13)14/h1-3H,4H2. The van der Waals surface area contributed by atoms with E-state index < -0.39 is 30.2 Å². The summed E-state index contributed by atoms with van der Waals surface area (Å²) in [7, 11) is 0. The van der Waals surface area contributed by atoms with E-state index in [1.165, 1.54) is 0 Å². The summed E-state index contributed by atoms with van der Waals surface area (Å²) in [6, 6.07) is 0.696. The quantitative estimate of drug-likeness (QED) is 0.580. The van der Waals surface area contributed by atoms with E-state index >= 15 is 0 Å². The average molecular weight is 245 g/mol. The molecule has 1 rings (SSSR count). The van der Waals surface area contributed by atoms with Crippen molar-refractivity contribution in [1.82, 2.24) is 4.57 Å². The third-order valence-corrected chi connectivity index (χ3v) is 1.63. The van der Waals surface area contributed by atoms with Gasteiger partial charge in [-0.05, 0) is 6.07 Å². The number of nitrogens with zero attached hydrogens (tertiary/aromatic N) is 1. The van der Waals surface area contributed by atoms with E-state index in [-0.39, 0.29) is 0 Å². The number of ketones is 1. The van der Waals surface area contributed by atoms with Gasteiger partial charge in [-0.15, -0.1) is 0 Å². The molecule has 0 spiro atoms. The zero-order chi connectivity index (χ0) is 12.6. The van der Waals surface area contributed by atoms with E-state index in [0.29, 0.717) is 16.8 Å². The molecule has 0 aromatic carbocycles. The van der Waals surface area contributed by atoms with Crippen molar-refractivity contribution in [2.24, 2.45) is 0 Å². The number of rotatable bonds is 2. The summed E-state index contributed by atoms with van der Waals surface area (Å²) in [4.78, 5) is 10.6. The molecule has 16 heavy (non-hydrogen) atoms. The molecule has 0 bridgehead atoms. The third-order valence-electron chi connectivity index (χ3n) is 1.63. The first-order chi connectivity index (χ1) is 7.09. The fourth-order valence-electron chi connectivity index (χ4n) is 1.04. The van der Waals surface area contributed by atoms with Gasteiger partial charge in [0.05, 0.1) is 0 Å². The molecular formula is C8H5F6NO. The van der Waals surface area contributed by atoms with Crippen LogP contribution in [0.3, 0.4) is 0 Å². The molecule has 2 nitrogen and oxygen atoms in total. The zero-order valence-electron chi connectivity index (χ0n) is 7.56. The molecule has 0 amide bonds. The molecule has 90 valence electrons. The smallest absolute Gasteiger partial charge is 0.344 e. The van der Waals surface area contributed by atoms with Gasteiger partial charge in [0.15, 0.2) is 0 Å². The molecule has 0 fully saturated rings. The second kappa shape index (κ2) is 3.84. The molecule has 0 radical (unpaired) electrons. The lowest BCUT2D eigenvalue weighted by Crippen LogP contribution is -2.22. The Morgan fingerprint density at radius 2 is 1.75 bits per heavy atom. The number of alkyl halides is 6. The fraction of sp³-hybridized carbons (Fsp3) is 0.375. The first kappa shape index (κ1) is 12.6. The molecule has 0 aliphatic heterocycles. The van der Waals surface area contributed by atoms with Gasteiger partial charge in [-0.3, -0.25) is 4.79 Å². The maximum absolute atomic E-state index is 11.9. The van der Waals surface area contributed by atoms with Crippen LogP contribution in [0.2, 0.25) is 0 Å². The predicted molar refractivity (Wildman–Crippen MR) is 40.9 cm³/mol. The lowest BCUT2D eigenvalue weighted by molar-refractivity contribution is -0.140. The third kappa shape index (κ3) is 3.28. The van der Waals surface area contributed by atoms with Crippen LogP contribution in [0.5, 0.6) is 0 Å². The molecule has 1 heterocycles. The van der Waals surface area contributed by atoms with Crippen LogP contribution in [0.1, 0.15) is 10.4 Å². The van der Waals surface area contributed by atoms with Crippen LogP contribution in [0.4, 0.5) is 26.3 Å². The van der Waals surface area contributed by atoms with Gasteiger partial charge in [0, 0.05) is 18.0 Å². The maximum atomic E-state index is 11.9. The fourth-order valence-corrected chi connectivity index (χ4v) is 1.04. The van der Waals surface area contributed by atoms with Gasteiger partial charge in [-0.1, -0.05) is 0 Å². The van der Waals surface area contributed by atoms with Crippen molar-refractivity contribution in [3.8, 4) is 0 Å². The zero-order valence-corrected chi connectivity index (χ0v) is 7.56. The van der Waals surface area contributed by atoms with Crippen LogP contribution in [-0.4, -0.2) is 22.7 Å². The average Bonchev–Trinajstić information content (AvgIpc) is 2.46. The van der Waals surface area contributed by atoms with Crippen LogP contribution in [0.25, 0.3) is 0 Å². The van der Waals surface area contributed by atoms with E-state index in [4.69, 9.17) is 0 Å². The number of carbonyl (C=O) groups is 1. The number of carbonyl (C=O) groups excluding carboxylic acids is 1. The molecule has 1 aromatic heterocycles. The van der Waals surface area contributed by atoms with Crippen molar-refractivity contribution in [3.63, 3.8) is 0 Å². The summed E-state index contributed by atoms with van der Waals surface area (Å²) >= 11 is 0. The monoisotopic (exact) mass is 245 g/mol. The Labute approximate surface area is 85.5 Å². The van der Waals surface area contributed by atoms with Crippen molar-refractivity contribution >= 4 is 5.78 Å². The second-order valence-electron chi connectivity index (χ2n) is 3.01. The largest absolute Gasteiger partial charge is 0.454 e. The highest BCUT2D eigenvalue weighted by Crippen LogP contribution is 2.23. The first-order valence-corrected chi connectivity index (χ1v) is 3.93. The Morgan fingerprint density at radius 1 is 1.19 bits per heavy atom. The summed E-state index contributed by atoms with van der Waals surface area (Å²) in [5.41, 5.74) is -0.809. The van der Waals surface area contributed by atoms with E-state index in [2.05, 4.69) is 0 Å². The van der Waals surface area contributed by atoms with Crippen LogP contribution >= 0.6 is 0 Å². The lowest BCUT2D eigenvalue weighted by atomic mass is 10.2. The summed E-state index contributed by atoms with van der Waals surface area (Å²) in [6.45, 7) is -1.43. The van der Waals surface area contributed by atoms with Gasteiger partial charge in [0.1, 0.15) is 6.54 Å². The van der Waals surface area contributed by atoms with E-state index in [1.807, 2.05) is 0 Å². The molecule has 0 N–H and O–H groups in total. The summed E-state index contributed by atoms with van der Waals surface area (Å²) in [5, 5.41) is 0. The van der Waals surface area contributed by atoms with Crippen molar-refractivity contribution in [2.75, 3.05) is 0 Å². The van der Waals surface area contributed by atoms with Crippen LogP contribution in [-0.2, 0) is 6.54 Å². The van der Waals surface area contributed by atoms with Gasteiger partial charge < -0.3 is 4.57 Å². The number of hydrogen-bond acceptors (Lipinski definition) is 1. The molecule has 0 aliphatic rings. The van der Waals surface area contributed by atoms with Gasteiger partial charge >= 0.3 is 12.4 Å². The molecule has 0 unspecified atom stereocenters. The molecule has 1 aromatic rings. The number of halogens is 6. The molecule has 0 aliphatic carbocycles. The maximum Gasteiger partial charge on any atom is 0.454 e.